The van der Waals surface area contributed by atoms with Crippen molar-refractivity contribution in [3.8, 4) is 6.07 Å². The van der Waals surface area contributed by atoms with Crippen molar-refractivity contribution in [1.82, 2.24) is 9.55 Å². The Bertz CT molecular complexity index is 1070. The number of aromatic nitrogens is 2. The van der Waals surface area contributed by atoms with Crippen molar-refractivity contribution in [1.29, 1.82) is 5.26 Å². The quantitative estimate of drug-likeness (QED) is 0.637. The Labute approximate surface area is 153 Å². The van der Waals surface area contributed by atoms with Crippen molar-refractivity contribution >= 4 is 22.9 Å². The molecule has 0 fully saturated rings. The number of halogens is 3. The SMILES string of the molecule is Cn1c(C(C#N)C(=O)C=Cc2cccc(C(F)(F)F)c2)nc2ccccc21. The predicted octanol–water partition coefficient (Wildman–Crippen LogP) is 4.48. The molecule has 7 heteroatoms. The molecule has 1 atom stereocenters. The molecule has 0 aliphatic carbocycles. The van der Waals surface area contributed by atoms with Crippen LogP contribution in [0.2, 0.25) is 0 Å². The Morgan fingerprint density at radius 3 is 2.63 bits per heavy atom. The molecule has 0 spiro atoms. The van der Waals surface area contributed by atoms with Gasteiger partial charge in [0.25, 0.3) is 0 Å². The van der Waals surface area contributed by atoms with E-state index < -0.39 is 23.4 Å². The topological polar surface area (TPSA) is 58.7 Å². The Kier molecular flexibility index (Phi) is 4.82. The van der Waals surface area contributed by atoms with E-state index in [0.29, 0.717) is 5.52 Å². The molecule has 0 N–H and O–H groups in total. The summed E-state index contributed by atoms with van der Waals surface area (Å²) in [5, 5.41) is 9.44. The summed E-state index contributed by atoms with van der Waals surface area (Å²) in [6, 6.07) is 13.8. The zero-order valence-electron chi connectivity index (χ0n) is 14.2. The molecule has 1 aromatic heterocycles. The third-order valence-electron chi connectivity index (χ3n) is 4.15. The largest absolute Gasteiger partial charge is 0.416 e. The van der Waals surface area contributed by atoms with E-state index in [1.54, 1.807) is 23.7 Å². The van der Waals surface area contributed by atoms with Crippen LogP contribution >= 0.6 is 0 Å². The lowest BCUT2D eigenvalue weighted by atomic mass is 10.0. The first-order valence-corrected chi connectivity index (χ1v) is 8.01. The Morgan fingerprint density at radius 1 is 1.22 bits per heavy atom. The maximum absolute atomic E-state index is 12.8. The van der Waals surface area contributed by atoms with Crippen molar-refractivity contribution in [3.63, 3.8) is 0 Å². The number of rotatable bonds is 4. The number of imidazole rings is 1. The highest BCUT2D eigenvalue weighted by Crippen LogP contribution is 2.30. The normalized spacial score (nSPS) is 13.0. The van der Waals surface area contributed by atoms with Crippen molar-refractivity contribution in [2.75, 3.05) is 0 Å². The minimum atomic E-state index is -4.46. The van der Waals surface area contributed by atoms with Crippen molar-refractivity contribution < 1.29 is 18.0 Å². The summed E-state index contributed by atoms with van der Waals surface area (Å²) in [6.45, 7) is 0. The van der Waals surface area contributed by atoms with Crippen LogP contribution in [-0.4, -0.2) is 15.3 Å². The predicted molar refractivity (Wildman–Crippen MR) is 94.6 cm³/mol. The van der Waals surface area contributed by atoms with E-state index in [2.05, 4.69) is 4.98 Å². The molecule has 3 rings (SSSR count). The minimum Gasteiger partial charge on any atom is -0.330 e. The maximum Gasteiger partial charge on any atom is 0.416 e. The van der Waals surface area contributed by atoms with Gasteiger partial charge in [0.2, 0.25) is 0 Å². The van der Waals surface area contributed by atoms with Gasteiger partial charge < -0.3 is 4.57 Å². The lowest BCUT2D eigenvalue weighted by Gasteiger charge is -2.07. The fourth-order valence-corrected chi connectivity index (χ4v) is 2.76. The third-order valence-corrected chi connectivity index (χ3v) is 4.15. The average Bonchev–Trinajstić information content (AvgIpc) is 2.97. The maximum atomic E-state index is 12.8. The van der Waals surface area contributed by atoms with Crippen LogP contribution in [0.4, 0.5) is 13.2 Å². The number of fused-ring (bicyclic) bond motifs is 1. The molecular formula is C20H14F3N3O. The van der Waals surface area contributed by atoms with E-state index in [0.717, 1.165) is 23.7 Å². The zero-order chi connectivity index (χ0) is 19.6. The van der Waals surface area contributed by atoms with E-state index in [9.17, 15) is 23.2 Å². The van der Waals surface area contributed by atoms with Crippen LogP contribution in [0.5, 0.6) is 0 Å². The number of ketones is 1. The number of para-hydroxylation sites is 2. The lowest BCUT2D eigenvalue weighted by molar-refractivity contribution is -0.137. The minimum absolute atomic E-state index is 0.222. The highest BCUT2D eigenvalue weighted by molar-refractivity contribution is 6.00. The van der Waals surface area contributed by atoms with Gasteiger partial charge >= 0.3 is 6.18 Å². The highest BCUT2D eigenvalue weighted by atomic mass is 19.4. The van der Waals surface area contributed by atoms with Crippen molar-refractivity contribution in [2.24, 2.45) is 7.05 Å². The first-order chi connectivity index (χ1) is 12.8. The van der Waals surface area contributed by atoms with Gasteiger partial charge in [-0.25, -0.2) is 4.98 Å². The molecule has 1 heterocycles. The third kappa shape index (κ3) is 3.75. The van der Waals surface area contributed by atoms with Crippen LogP contribution in [0.3, 0.4) is 0 Å². The van der Waals surface area contributed by atoms with Crippen molar-refractivity contribution in [3.05, 3.63) is 71.6 Å². The summed E-state index contributed by atoms with van der Waals surface area (Å²) in [5.41, 5.74) is 0.858. The number of aryl methyl sites for hydroxylation is 1. The standard InChI is InChI=1S/C20H14F3N3O/c1-26-17-8-3-2-7-16(17)25-19(26)15(12-24)18(27)10-9-13-5-4-6-14(11-13)20(21,22)23/h2-11,15H,1H3. The molecule has 0 aliphatic heterocycles. The molecule has 4 nitrogen and oxygen atoms in total. The van der Waals surface area contributed by atoms with E-state index in [1.165, 1.54) is 18.2 Å². The number of hydrogen-bond acceptors (Lipinski definition) is 3. The highest BCUT2D eigenvalue weighted by Gasteiger charge is 2.30. The summed E-state index contributed by atoms with van der Waals surface area (Å²) in [4.78, 5) is 16.8. The molecule has 136 valence electrons. The Morgan fingerprint density at radius 2 is 1.96 bits per heavy atom. The van der Waals surface area contributed by atoms with E-state index in [4.69, 9.17) is 0 Å². The van der Waals surface area contributed by atoms with Crippen molar-refractivity contribution in [2.45, 2.75) is 12.1 Å². The van der Waals surface area contributed by atoms with E-state index >= 15 is 0 Å². The molecule has 0 saturated carbocycles. The van der Waals surface area contributed by atoms with Crippen LogP contribution in [0.1, 0.15) is 22.9 Å². The molecule has 0 amide bonds. The first-order valence-electron chi connectivity index (χ1n) is 8.01. The Balaban J connectivity index is 1.89. The number of carbonyl (C=O) groups excluding carboxylic acids is 1. The molecule has 0 bridgehead atoms. The number of hydrogen-bond donors (Lipinski definition) is 0. The molecule has 2 aromatic carbocycles. The number of carbonyl (C=O) groups is 1. The second-order valence-electron chi connectivity index (χ2n) is 5.94. The average molecular weight is 369 g/mol. The van der Waals surface area contributed by atoms with Gasteiger partial charge in [0, 0.05) is 7.05 Å². The summed E-state index contributed by atoms with van der Waals surface area (Å²) >= 11 is 0. The fourth-order valence-electron chi connectivity index (χ4n) is 2.76. The van der Waals surface area contributed by atoms with Crippen LogP contribution < -0.4 is 0 Å². The number of alkyl halides is 3. The second kappa shape index (κ2) is 7.08. The number of benzene rings is 2. The number of nitriles is 1. The van der Waals surface area contributed by atoms with Crippen LogP contribution in [-0.2, 0) is 18.0 Å². The van der Waals surface area contributed by atoms with Crippen LogP contribution in [0, 0.1) is 11.3 Å². The van der Waals surface area contributed by atoms with Gasteiger partial charge in [-0.2, -0.15) is 18.4 Å². The molecule has 0 saturated heterocycles. The summed E-state index contributed by atoms with van der Waals surface area (Å²) in [6.07, 6.45) is -2.08. The van der Waals surface area contributed by atoms with E-state index in [1.807, 2.05) is 18.2 Å². The number of allylic oxidation sites excluding steroid dienone is 1. The van der Waals surface area contributed by atoms with Gasteiger partial charge in [-0.1, -0.05) is 30.3 Å². The molecule has 27 heavy (non-hydrogen) atoms. The van der Waals surface area contributed by atoms with Crippen LogP contribution in [0.15, 0.2) is 54.6 Å². The smallest absolute Gasteiger partial charge is 0.330 e. The molecule has 3 aromatic rings. The monoisotopic (exact) mass is 369 g/mol. The summed E-state index contributed by atoms with van der Waals surface area (Å²) < 4.78 is 40.0. The summed E-state index contributed by atoms with van der Waals surface area (Å²) in [7, 11) is 1.71. The van der Waals surface area contributed by atoms with Gasteiger partial charge in [-0.3, -0.25) is 4.79 Å². The number of nitrogens with zero attached hydrogens (tertiary/aromatic N) is 3. The molecular weight excluding hydrogens is 355 g/mol. The second-order valence-corrected chi connectivity index (χ2v) is 5.94. The summed E-state index contributed by atoms with van der Waals surface area (Å²) in [5.74, 6) is -1.41. The van der Waals surface area contributed by atoms with Gasteiger partial charge in [-0.15, -0.1) is 0 Å². The van der Waals surface area contributed by atoms with E-state index in [-0.39, 0.29) is 11.4 Å². The fraction of sp³-hybridized carbons (Fsp3) is 0.150. The van der Waals surface area contributed by atoms with Gasteiger partial charge in [-0.05, 0) is 35.9 Å². The Hall–Kier alpha value is -3.40. The van der Waals surface area contributed by atoms with Gasteiger partial charge in [0.05, 0.1) is 22.7 Å². The first kappa shape index (κ1) is 18.4. The molecule has 1 unspecified atom stereocenters. The molecule has 0 radical (unpaired) electrons. The van der Waals surface area contributed by atoms with Crippen LogP contribution in [0.25, 0.3) is 17.1 Å². The van der Waals surface area contributed by atoms with Gasteiger partial charge in [0.1, 0.15) is 5.82 Å². The van der Waals surface area contributed by atoms with Gasteiger partial charge in [0.15, 0.2) is 11.7 Å². The molecule has 0 aliphatic rings. The zero-order valence-corrected chi connectivity index (χ0v) is 14.2. The lowest BCUT2D eigenvalue weighted by Crippen LogP contribution is -2.13.